The fourth-order valence-electron chi connectivity index (χ4n) is 0.933. The number of rotatable bonds is 4. The van der Waals surface area contributed by atoms with E-state index in [1.54, 1.807) is 13.8 Å². The monoisotopic (exact) mass is 214 g/mol. The fourth-order valence-corrected chi connectivity index (χ4v) is 1.08. The van der Waals surface area contributed by atoms with E-state index in [0.29, 0.717) is 0 Å². The zero-order valence-electron chi connectivity index (χ0n) is 7.56. The summed E-state index contributed by atoms with van der Waals surface area (Å²) < 4.78 is 36.0. The van der Waals surface area contributed by atoms with Crippen molar-refractivity contribution in [2.75, 3.05) is 13.1 Å². The molecule has 78 valence electrons. The average molecular weight is 214 g/mol. The molecule has 0 aliphatic heterocycles. The molecule has 0 fully saturated rings. The first-order valence-electron chi connectivity index (χ1n) is 3.88. The third-order valence-electron chi connectivity index (χ3n) is 1.75. The predicted molar refractivity (Wildman–Crippen MR) is 49.5 cm³/mol. The standard InChI is InChI=1S/C7H13F3N2S/c1-3-12(4-7(8,9)10)5(2)6(11)13/h5H,3-4H2,1-2H3,(H2,11,13). The maximum absolute atomic E-state index is 12.0. The molecule has 0 saturated heterocycles. The summed E-state index contributed by atoms with van der Waals surface area (Å²) in [5, 5.41) is 0. The Kier molecular flexibility index (Phi) is 4.63. The highest BCUT2D eigenvalue weighted by molar-refractivity contribution is 7.80. The topological polar surface area (TPSA) is 29.3 Å². The van der Waals surface area contributed by atoms with Crippen LogP contribution in [0.5, 0.6) is 0 Å². The lowest BCUT2D eigenvalue weighted by atomic mass is 10.3. The van der Waals surface area contributed by atoms with Gasteiger partial charge in [-0.15, -0.1) is 0 Å². The van der Waals surface area contributed by atoms with Gasteiger partial charge in [0.2, 0.25) is 0 Å². The van der Waals surface area contributed by atoms with Crippen LogP contribution in [0.15, 0.2) is 0 Å². The Morgan fingerprint density at radius 2 is 2.00 bits per heavy atom. The van der Waals surface area contributed by atoms with Gasteiger partial charge in [0, 0.05) is 0 Å². The van der Waals surface area contributed by atoms with Crippen LogP contribution in [-0.4, -0.2) is 35.2 Å². The first-order chi connectivity index (χ1) is 5.78. The minimum absolute atomic E-state index is 0.0890. The summed E-state index contributed by atoms with van der Waals surface area (Å²) in [6.45, 7) is 2.51. The van der Waals surface area contributed by atoms with Crippen molar-refractivity contribution in [3.8, 4) is 0 Å². The molecule has 0 spiro atoms. The highest BCUT2D eigenvalue weighted by Crippen LogP contribution is 2.17. The lowest BCUT2D eigenvalue weighted by molar-refractivity contribution is -0.147. The Morgan fingerprint density at radius 3 is 2.23 bits per heavy atom. The molecule has 0 rings (SSSR count). The molecule has 13 heavy (non-hydrogen) atoms. The van der Waals surface area contributed by atoms with Crippen molar-refractivity contribution in [1.82, 2.24) is 4.90 Å². The van der Waals surface area contributed by atoms with Crippen molar-refractivity contribution in [3.05, 3.63) is 0 Å². The second-order valence-electron chi connectivity index (χ2n) is 2.76. The van der Waals surface area contributed by atoms with Crippen LogP contribution in [0.25, 0.3) is 0 Å². The number of nitrogens with zero attached hydrogens (tertiary/aromatic N) is 1. The summed E-state index contributed by atoms with van der Waals surface area (Å²) in [6, 6.07) is -0.512. The van der Waals surface area contributed by atoms with E-state index in [2.05, 4.69) is 12.2 Å². The van der Waals surface area contributed by atoms with Gasteiger partial charge in [-0.3, -0.25) is 4.90 Å². The van der Waals surface area contributed by atoms with Crippen molar-refractivity contribution < 1.29 is 13.2 Å². The molecule has 0 aliphatic rings. The third-order valence-corrected chi connectivity index (χ3v) is 2.09. The van der Waals surface area contributed by atoms with Crippen LogP contribution in [-0.2, 0) is 0 Å². The fraction of sp³-hybridized carbons (Fsp3) is 0.857. The van der Waals surface area contributed by atoms with E-state index in [1.165, 1.54) is 4.90 Å². The maximum Gasteiger partial charge on any atom is 0.401 e. The lowest BCUT2D eigenvalue weighted by Crippen LogP contribution is -2.46. The molecule has 0 saturated carbocycles. The number of likely N-dealkylation sites (N-methyl/N-ethyl adjacent to an activating group) is 1. The van der Waals surface area contributed by atoms with E-state index in [0.717, 1.165) is 0 Å². The van der Waals surface area contributed by atoms with Gasteiger partial charge >= 0.3 is 6.18 Å². The second kappa shape index (κ2) is 4.76. The van der Waals surface area contributed by atoms with Gasteiger partial charge in [-0.25, -0.2) is 0 Å². The van der Waals surface area contributed by atoms with Crippen LogP contribution < -0.4 is 5.73 Å². The molecule has 0 aromatic rings. The van der Waals surface area contributed by atoms with Gasteiger partial charge in [0.05, 0.1) is 17.6 Å². The van der Waals surface area contributed by atoms with E-state index in [-0.39, 0.29) is 11.5 Å². The molecule has 6 heteroatoms. The van der Waals surface area contributed by atoms with Crippen LogP contribution >= 0.6 is 12.2 Å². The summed E-state index contributed by atoms with van der Waals surface area (Å²) in [4.78, 5) is 1.27. The largest absolute Gasteiger partial charge is 0.401 e. The third kappa shape index (κ3) is 5.05. The molecule has 1 unspecified atom stereocenters. The normalized spacial score (nSPS) is 14.6. The van der Waals surface area contributed by atoms with E-state index in [9.17, 15) is 13.2 Å². The summed E-state index contributed by atoms with van der Waals surface area (Å²) in [5.41, 5.74) is 5.25. The van der Waals surface area contributed by atoms with E-state index < -0.39 is 18.8 Å². The van der Waals surface area contributed by atoms with Crippen molar-refractivity contribution in [2.45, 2.75) is 26.1 Å². The Morgan fingerprint density at radius 1 is 1.54 bits per heavy atom. The molecule has 2 nitrogen and oxygen atoms in total. The molecule has 2 N–H and O–H groups in total. The minimum atomic E-state index is -4.20. The molecule has 0 aromatic heterocycles. The molecule has 0 aliphatic carbocycles. The Hall–Kier alpha value is -0.360. The van der Waals surface area contributed by atoms with E-state index >= 15 is 0 Å². The van der Waals surface area contributed by atoms with E-state index in [1.807, 2.05) is 0 Å². The van der Waals surface area contributed by atoms with Gasteiger partial charge in [-0.1, -0.05) is 19.1 Å². The molecular formula is C7H13F3N2S. The van der Waals surface area contributed by atoms with Gasteiger partial charge in [0.1, 0.15) is 0 Å². The molecule has 0 heterocycles. The maximum atomic E-state index is 12.0. The first-order valence-corrected chi connectivity index (χ1v) is 4.29. The van der Waals surface area contributed by atoms with Gasteiger partial charge in [-0.05, 0) is 13.5 Å². The number of halogens is 3. The van der Waals surface area contributed by atoms with Crippen LogP contribution in [0.2, 0.25) is 0 Å². The van der Waals surface area contributed by atoms with E-state index in [4.69, 9.17) is 5.73 Å². The molecule has 0 radical (unpaired) electrons. The van der Waals surface area contributed by atoms with Crippen LogP contribution in [0.1, 0.15) is 13.8 Å². The molecule has 0 aromatic carbocycles. The van der Waals surface area contributed by atoms with Crippen LogP contribution in [0, 0.1) is 0 Å². The van der Waals surface area contributed by atoms with Crippen molar-refractivity contribution in [1.29, 1.82) is 0 Å². The number of hydrogen-bond donors (Lipinski definition) is 1. The SMILES string of the molecule is CCN(CC(F)(F)F)C(C)C(N)=S. The lowest BCUT2D eigenvalue weighted by Gasteiger charge is -2.27. The van der Waals surface area contributed by atoms with Gasteiger partial charge in [-0.2, -0.15) is 13.2 Å². The smallest absolute Gasteiger partial charge is 0.392 e. The van der Waals surface area contributed by atoms with Gasteiger partial charge in [0.25, 0.3) is 0 Å². The molecule has 1 atom stereocenters. The Bertz CT molecular complexity index is 181. The van der Waals surface area contributed by atoms with Gasteiger partial charge in [0.15, 0.2) is 0 Å². The highest BCUT2D eigenvalue weighted by atomic mass is 32.1. The van der Waals surface area contributed by atoms with Crippen LogP contribution in [0.3, 0.4) is 0 Å². The summed E-state index contributed by atoms with van der Waals surface area (Å²) in [5.74, 6) is 0. The number of thiocarbonyl (C=S) groups is 1. The van der Waals surface area contributed by atoms with Crippen LogP contribution in [0.4, 0.5) is 13.2 Å². The minimum Gasteiger partial charge on any atom is -0.392 e. The quantitative estimate of drug-likeness (QED) is 0.720. The van der Waals surface area contributed by atoms with Crippen molar-refractivity contribution in [3.63, 3.8) is 0 Å². The predicted octanol–water partition coefficient (Wildman–Crippen LogP) is 1.55. The Balaban J connectivity index is 4.26. The van der Waals surface area contributed by atoms with Crippen molar-refractivity contribution >= 4 is 17.2 Å². The number of nitrogens with two attached hydrogens (primary N) is 1. The Labute approximate surface area is 80.9 Å². The zero-order valence-corrected chi connectivity index (χ0v) is 8.37. The molecule has 0 amide bonds. The highest BCUT2D eigenvalue weighted by Gasteiger charge is 2.32. The average Bonchev–Trinajstić information content (AvgIpc) is 1.97. The number of hydrogen-bond acceptors (Lipinski definition) is 2. The number of alkyl halides is 3. The summed E-state index contributed by atoms with van der Waals surface area (Å²) in [6.07, 6.45) is -4.20. The molecular weight excluding hydrogens is 201 g/mol. The van der Waals surface area contributed by atoms with Gasteiger partial charge < -0.3 is 5.73 Å². The summed E-state index contributed by atoms with van der Waals surface area (Å²) >= 11 is 4.62. The zero-order chi connectivity index (χ0) is 10.6. The second-order valence-corrected chi connectivity index (χ2v) is 3.23. The van der Waals surface area contributed by atoms with Crippen molar-refractivity contribution in [2.24, 2.45) is 5.73 Å². The molecule has 0 bridgehead atoms. The summed E-state index contributed by atoms with van der Waals surface area (Å²) in [7, 11) is 0. The first kappa shape index (κ1) is 12.6.